The van der Waals surface area contributed by atoms with Crippen LogP contribution >= 0.6 is 0 Å². The van der Waals surface area contributed by atoms with Gasteiger partial charge in [-0.25, -0.2) is 4.39 Å². The number of aliphatic carboxylic acids is 1. The van der Waals surface area contributed by atoms with Crippen molar-refractivity contribution in [3.8, 4) is 5.75 Å². The highest BCUT2D eigenvalue weighted by Gasteiger charge is 2.54. The van der Waals surface area contributed by atoms with Crippen LogP contribution in [0.4, 0.5) is 4.39 Å². The number of halogens is 1. The van der Waals surface area contributed by atoms with E-state index in [0.29, 0.717) is 0 Å². The summed E-state index contributed by atoms with van der Waals surface area (Å²) in [7, 11) is 1.36. The van der Waals surface area contributed by atoms with Gasteiger partial charge in [-0.1, -0.05) is 6.07 Å². The van der Waals surface area contributed by atoms with E-state index in [1.165, 1.54) is 25.3 Å². The summed E-state index contributed by atoms with van der Waals surface area (Å²) in [5.41, 5.74) is -1.34. The molecule has 0 aliphatic heterocycles. The molecule has 92 valence electrons. The van der Waals surface area contributed by atoms with Crippen LogP contribution in [0.5, 0.6) is 5.75 Å². The number of methoxy groups -OCH3 is 1. The first kappa shape index (κ1) is 11.9. The maximum absolute atomic E-state index is 13.8. The van der Waals surface area contributed by atoms with Crippen LogP contribution in [-0.4, -0.2) is 29.4 Å². The Bertz CT molecular complexity index is 452. The molecule has 0 saturated heterocycles. The number of carboxylic acid groups (broad SMARTS) is 1. The van der Waals surface area contributed by atoms with Crippen LogP contribution in [-0.2, 0) is 10.2 Å². The molecule has 0 unspecified atom stereocenters. The van der Waals surface area contributed by atoms with Gasteiger partial charge in [0.2, 0.25) is 0 Å². The van der Waals surface area contributed by atoms with Crippen LogP contribution in [0.1, 0.15) is 18.4 Å². The van der Waals surface area contributed by atoms with Gasteiger partial charge in [0.1, 0.15) is 17.0 Å². The minimum Gasteiger partial charge on any atom is -0.496 e. The highest BCUT2D eigenvalue weighted by atomic mass is 19.1. The molecule has 0 heterocycles. The molecule has 0 atom stereocenters. The van der Waals surface area contributed by atoms with Crippen molar-refractivity contribution in [3.63, 3.8) is 0 Å². The second kappa shape index (κ2) is 4.00. The first-order valence-electron chi connectivity index (χ1n) is 5.25. The van der Waals surface area contributed by atoms with Gasteiger partial charge in [0.15, 0.2) is 0 Å². The van der Waals surface area contributed by atoms with Gasteiger partial charge < -0.3 is 14.9 Å². The molecule has 0 bridgehead atoms. The fourth-order valence-electron chi connectivity index (χ4n) is 2.37. The predicted octanol–water partition coefficient (Wildman–Crippen LogP) is 1.31. The van der Waals surface area contributed by atoms with Gasteiger partial charge in [0.05, 0.1) is 13.2 Å². The summed E-state index contributed by atoms with van der Waals surface area (Å²) < 4.78 is 18.8. The van der Waals surface area contributed by atoms with Gasteiger partial charge in [0, 0.05) is 5.56 Å². The Labute approximate surface area is 97.6 Å². The number of carboxylic acids is 1. The first-order chi connectivity index (χ1) is 8.01. The third-order valence-electron chi connectivity index (χ3n) is 3.25. The zero-order valence-corrected chi connectivity index (χ0v) is 9.31. The summed E-state index contributed by atoms with van der Waals surface area (Å²) >= 11 is 0. The lowest BCUT2D eigenvalue weighted by Crippen LogP contribution is -2.51. The molecule has 2 N–H and O–H groups in total. The Morgan fingerprint density at radius 2 is 2.18 bits per heavy atom. The summed E-state index contributed by atoms with van der Waals surface area (Å²) in [5.74, 6) is -1.54. The van der Waals surface area contributed by atoms with Crippen molar-refractivity contribution in [2.24, 2.45) is 0 Å². The van der Waals surface area contributed by atoms with Crippen LogP contribution in [0.3, 0.4) is 0 Å². The van der Waals surface area contributed by atoms with Crippen molar-refractivity contribution in [3.05, 3.63) is 29.6 Å². The molecule has 0 radical (unpaired) electrons. The van der Waals surface area contributed by atoms with E-state index in [1.54, 1.807) is 0 Å². The average Bonchev–Trinajstić information content (AvgIpc) is 2.24. The lowest BCUT2D eigenvalue weighted by molar-refractivity contribution is -0.153. The summed E-state index contributed by atoms with van der Waals surface area (Å²) in [6.07, 6.45) is -0.672. The molecular weight excluding hydrogens is 227 g/mol. The van der Waals surface area contributed by atoms with Crippen LogP contribution in [0.15, 0.2) is 18.2 Å². The second-order valence-electron chi connectivity index (χ2n) is 4.27. The first-order valence-corrected chi connectivity index (χ1v) is 5.25. The molecule has 1 aromatic carbocycles. The standard InChI is InChI=1S/C12H13FO4/c1-17-9-4-2-3-8(13)10(9)12(11(15)16)5-7(14)6-12/h2-4,7,14H,5-6H2,1H3,(H,15,16). The zero-order chi connectivity index (χ0) is 12.6. The highest BCUT2D eigenvalue weighted by molar-refractivity contribution is 5.84. The molecule has 0 aromatic heterocycles. The van der Waals surface area contributed by atoms with E-state index in [-0.39, 0.29) is 24.2 Å². The minimum atomic E-state index is -1.36. The molecule has 2 rings (SSSR count). The molecular formula is C12H13FO4. The molecule has 0 amide bonds. The number of rotatable bonds is 3. The summed E-state index contributed by atoms with van der Waals surface area (Å²) in [6.45, 7) is 0. The van der Waals surface area contributed by atoms with Gasteiger partial charge in [-0.2, -0.15) is 0 Å². The molecule has 1 fully saturated rings. The second-order valence-corrected chi connectivity index (χ2v) is 4.27. The summed E-state index contributed by atoms with van der Waals surface area (Å²) in [6, 6.07) is 4.18. The lowest BCUT2D eigenvalue weighted by Gasteiger charge is -2.42. The maximum Gasteiger partial charge on any atom is 0.314 e. The van der Waals surface area contributed by atoms with Gasteiger partial charge >= 0.3 is 5.97 Å². The molecule has 4 nitrogen and oxygen atoms in total. The van der Waals surface area contributed by atoms with E-state index >= 15 is 0 Å². The lowest BCUT2D eigenvalue weighted by atomic mass is 9.62. The van der Waals surface area contributed by atoms with E-state index in [4.69, 9.17) is 4.74 Å². The molecule has 17 heavy (non-hydrogen) atoms. The third kappa shape index (κ3) is 1.67. The van der Waals surface area contributed by atoms with E-state index in [9.17, 15) is 19.4 Å². The number of hydrogen-bond donors (Lipinski definition) is 2. The van der Waals surface area contributed by atoms with Gasteiger partial charge in [0.25, 0.3) is 0 Å². The number of aliphatic hydroxyl groups is 1. The summed E-state index contributed by atoms with van der Waals surface area (Å²) in [4.78, 5) is 11.3. The number of ether oxygens (including phenoxy) is 1. The Morgan fingerprint density at radius 3 is 2.65 bits per heavy atom. The quantitative estimate of drug-likeness (QED) is 0.836. The fraction of sp³-hybridized carbons (Fsp3) is 0.417. The van der Waals surface area contributed by atoms with E-state index in [0.717, 1.165) is 0 Å². The van der Waals surface area contributed by atoms with Gasteiger partial charge in [-0.3, -0.25) is 4.79 Å². The summed E-state index contributed by atoms with van der Waals surface area (Å²) in [5, 5.41) is 18.6. The average molecular weight is 240 g/mol. The SMILES string of the molecule is COc1cccc(F)c1C1(C(=O)O)CC(O)C1. The molecule has 5 heteroatoms. The minimum absolute atomic E-state index is 0.0135. The Balaban J connectivity index is 2.55. The van der Waals surface area contributed by atoms with Crippen molar-refractivity contribution in [2.75, 3.05) is 7.11 Å². The third-order valence-corrected chi connectivity index (χ3v) is 3.25. The van der Waals surface area contributed by atoms with Crippen molar-refractivity contribution in [2.45, 2.75) is 24.4 Å². The van der Waals surface area contributed by atoms with Crippen LogP contribution in [0.2, 0.25) is 0 Å². The Hall–Kier alpha value is -1.62. The molecule has 1 aromatic rings. The molecule has 1 aliphatic carbocycles. The van der Waals surface area contributed by atoms with E-state index < -0.39 is 23.3 Å². The van der Waals surface area contributed by atoms with Crippen LogP contribution < -0.4 is 4.74 Å². The van der Waals surface area contributed by atoms with Crippen LogP contribution in [0, 0.1) is 5.82 Å². The number of aliphatic hydroxyl groups excluding tert-OH is 1. The topological polar surface area (TPSA) is 66.8 Å². The smallest absolute Gasteiger partial charge is 0.314 e. The van der Waals surface area contributed by atoms with Crippen LogP contribution in [0.25, 0.3) is 0 Å². The molecule has 1 aliphatic rings. The number of benzene rings is 1. The normalized spacial score (nSPS) is 27.4. The molecule has 0 spiro atoms. The highest BCUT2D eigenvalue weighted by Crippen LogP contribution is 2.48. The Morgan fingerprint density at radius 1 is 1.53 bits per heavy atom. The van der Waals surface area contributed by atoms with E-state index in [2.05, 4.69) is 0 Å². The van der Waals surface area contributed by atoms with Crippen molar-refractivity contribution >= 4 is 5.97 Å². The predicted molar refractivity (Wildman–Crippen MR) is 57.5 cm³/mol. The number of hydrogen-bond acceptors (Lipinski definition) is 3. The monoisotopic (exact) mass is 240 g/mol. The maximum atomic E-state index is 13.8. The largest absolute Gasteiger partial charge is 0.496 e. The molecule has 1 saturated carbocycles. The van der Waals surface area contributed by atoms with Crippen molar-refractivity contribution < 1.29 is 24.1 Å². The fourth-order valence-corrected chi connectivity index (χ4v) is 2.37. The zero-order valence-electron chi connectivity index (χ0n) is 9.31. The van der Waals surface area contributed by atoms with E-state index in [1.807, 2.05) is 0 Å². The van der Waals surface area contributed by atoms with Gasteiger partial charge in [-0.05, 0) is 25.0 Å². The van der Waals surface area contributed by atoms with Gasteiger partial charge in [-0.15, -0.1) is 0 Å². The Kier molecular flexibility index (Phi) is 2.79. The van der Waals surface area contributed by atoms with Crippen molar-refractivity contribution in [1.29, 1.82) is 0 Å². The van der Waals surface area contributed by atoms with Crippen molar-refractivity contribution in [1.82, 2.24) is 0 Å². The number of carbonyl (C=O) groups is 1.